The number of carboxylic acids is 2. The maximum Gasteiger partial charge on any atom is 0.326 e. The van der Waals surface area contributed by atoms with E-state index in [4.69, 9.17) is 0 Å². The lowest BCUT2D eigenvalue weighted by Gasteiger charge is -2.29. The molecule has 12 amide bonds. The van der Waals surface area contributed by atoms with E-state index in [1.807, 2.05) is 88.0 Å². The number of hydrogen-bond acceptors (Lipinski definition) is 16. The van der Waals surface area contributed by atoms with Crippen LogP contribution in [0.25, 0.3) is 0 Å². The fraction of sp³-hybridized carbons (Fsp3) is 0.554. The van der Waals surface area contributed by atoms with Crippen LogP contribution in [0.2, 0.25) is 0 Å². The molecule has 630 valence electrons. The van der Waals surface area contributed by atoms with Crippen molar-refractivity contribution < 1.29 is 81.0 Å². The van der Waals surface area contributed by atoms with Gasteiger partial charge >= 0.3 is 18.0 Å². The van der Waals surface area contributed by atoms with Gasteiger partial charge in [-0.1, -0.05) is 132 Å². The van der Waals surface area contributed by atoms with Gasteiger partial charge in [0, 0.05) is 116 Å². The SMILES string of the molecule is CC(=O)N(C)[C@@H](CC(C)C)C(=O)NCC[C@H](NC(=O)[C@@H]1C[C@@H](NC(=O)CCCCCNC(=O)CCCCCCC(=O)NCCCCCC(=O)N[C@@H]2C[C@@H](C(=O)N[C@@H](CCNC(=O)[C@H](CC(C)C)N(C)C(=O)Cc3ccc(NC(=O)Nc4ccccc4C)cc3)C(=O)O)N(Cc3ccccc3)C2)CN1S(=O)(=O)c1ccccc1)C(=O)O. The van der Waals surface area contributed by atoms with Crippen LogP contribution in [0.15, 0.2) is 114 Å². The molecule has 8 atom stereocenters. The number of rotatable bonds is 49. The molecule has 2 saturated heterocycles. The summed E-state index contributed by atoms with van der Waals surface area (Å²) in [6.07, 6.45) is 7.71. The highest BCUT2D eigenvalue weighted by Gasteiger charge is 2.46. The monoisotopic (exact) mass is 1620 g/mol. The van der Waals surface area contributed by atoms with E-state index in [-0.39, 0.29) is 117 Å². The number of likely N-dealkylation sites (N-methyl/N-ethyl adjacent to an activating group) is 2. The molecule has 0 unspecified atom stereocenters. The van der Waals surface area contributed by atoms with E-state index >= 15 is 0 Å². The number of carboxylic acid groups (broad SMARTS) is 2. The van der Waals surface area contributed by atoms with Crippen LogP contribution in [0, 0.1) is 18.8 Å². The van der Waals surface area contributed by atoms with Crippen LogP contribution in [0.3, 0.4) is 0 Å². The van der Waals surface area contributed by atoms with Crippen LogP contribution in [0.1, 0.15) is 180 Å². The first-order valence-corrected chi connectivity index (χ1v) is 41.5. The van der Waals surface area contributed by atoms with Crippen molar-refractivity contribution in [2.24, 2.45) is 11.8 Å². The molecule has 0 spiro atoms. The van der Waals surface area contributed by atoms with Crippen molar-refractivity contribution in [3.8, 4) is 0 Å². The van der Waals surface area contributed by atoms with Gasteiger partial charge in [0.25, 0.3) is 0 Å². The molecule has 4 aromatic rings. The number of likely N-dealkylation sites (tertiary alicyclic amines) is 1. The van der Waals surface area contributed by atoms with Crippen LogP contribution in [-0.2, 0) is 80.5 Å². The number of aryl methyl sites for hydroxylation is 1. The maximum absolute atomic E-state index is 14.1. The number of hydrogen-bond donors (Lipinski definition) is 12. The lowest BCUT2D eigenvalue weighted by Crippen LogP contribution is -2.52. The van der Waals surface area contributed by atoms with E-state index in [0.717, 1.165) is 28.3 Å². The molecule has 4 aromatic carbocycles. The lowest BCUT2D eigenvalue weighted by molar-refractivity contribution is -0.143. The normalized spacial score (nSPS) is 16.5. The number of aliphatic carboxylic acids is 2. The molecule has 0 radical (unpaired) electrons. The predicted octanol–water partition coefficient (Wildman–Crippen LogP) is 6.50. The highest BCUT2D eigenvalue weighted by Crippen LogP contribution is 2.29. The van der Waals surface area contributed by atoms with E-state index in [0.29, 0.717) is 120 Å². The molecule has 0 aliphatic carbocycles. The summed E-state index contributed by atoms with van der Waals surface area (Å²) < 4.78 is 28.8. The average molecular weight is 1620 g/mol. The second kappa shape index (κ2) is 48.1. The Morgan fingerprint density at radius 3 is 1.44 bits per heavy atom. The summed E-state index contributed by atoms with van der Waals surface area (Å²) in [6.45, 7) is 11.9. The van der Waals surface area contributed by atoms with Gasteiger partial charge in [-0.25, -0.2) is 22.8 Å². The number of nitrogens with zero attached hydrogens (tertiary/aromatic N) is 4. The highest BCUT2D eigenvalue weighted by atomic mass is 32.2. The van der Waals surface area contributed by atoms with Crippen molar-refractivity contribution in [2.45, 2.75) is 236 Å². The molecule has 2 fully saturated rings. The number of benzene rings is 4. The summed E-state index contributed by atoms with van der Waals surface area (Å²) in [4.78, 5) is 174. The number of sulfonamides is 1. The third-order valence-corrected chi connectivity index (χ3v) is 22.3. The van der Waals surface area contributed by atoms with Crippen molar-refractivity contribution in [1.29, 1.82) is 0 Å². The van der Waals surface area contributed by atoms with Crippen LogP contribution >= 0.6 is 0 Å². The second-order valence-corrected chi connectivity index (χ2v) is 32.6. The number of anilines is 2. The molecule has 12 N–H and O–H groups in total. The Hall–Kier alpha value is -10.3. The van der Waals surface area contributed by atoms with E-state index in [9.17, 15) is 81.0 Å². The van der Waals surface area contributed by atoms with Gasteiger partial charge in [-0.15, -0.1) is 0 Å². The molecule has 0 saturated carbocycles. The largest absolute Gasteiger partial charge is 0.480 e. The molecular formula is C83H120N14O17S. The summed E-state index contributed by atoms with van der Waals surface area (Å²) in [5.74, 6) is -6.42. The zero-order valence-electron chi connectivity index (χ0n) is 67.7. The van der Waals surface area contributed by atoms with Gasteiger partial charge < -0.3 is 73.2 Å². The fourth-order valence-electron chi connectivity index (χ4n) is 13.9. The van der Waals surface area contributed by atoms with Crippen LogP contribution in [0.4, 0.5) is 16.2 Å². The minimum absolute atomic E-state index is 0.0145. The third-order valence-electron chi connectivity index (χ3n) is 20.4. The number of unbranched alkanes of at least 4 members (excludes halogenated alkanes) is 7. The zero-order chi connectivity index (χ0) is 84.2. The Balaban J connectivity index is 0.818. The van der Waals surface area contributed by atoms with Crippen LogP contribution in [-0.4, -0.2) is 216 Å². The number of nitrogens with one attached hydrogen (secondary N) is 10. The molecular weight excluding hydrogens is 1500 g/mol. The van der Waals surface area contributed by atoms with Crippen molar-refractivity contribution in [1.82, 2.24) is 61.5 Å². The van der Waals surface area contributed by atoms with Crippen LogP contribution < -0.4 is 53.2 Å². The Morgan fingerprint density at radius 2 is 0.948 bits per heavy atom. The Morgan fingerprint density at radius 1 is 0.496 bits per heavy atom. The number of carbonyl (C=O) groups excluding carboxylic acids is 11. The van der Waals surface area contributed by atoms with Gasteiger partial charge in [0.1, 0.15) is 30.2 Å². The molecule has 6 rings (SSSR count). The molecule has 2 aliphatic rings. The van der Waals surface area contributed by atoms with Gasteiger partial charge in [-0.3, -0.25) is 52.8 Å². The quantitative estimate of drug-likeness (QED) is 0.0210. The standard InChI is InChI=1S/C83H120N14O17S/c1-55(2)47-68(94(7)58(6)98)77(104)86-45-42-67(82(110)111)92-80(107)71-51-63(54-97(71)115(113,114)64-30-17-12-18-31-64)89-75(102)36-22-14-26-44-85-73(100)34-20-10-9-19-33-72(99)84-43-25-13-21-35-74(101)88-62-50-70(96(53-62)52-60-28-15-11-16-29-60)79(106)91-66(81(108)109)41-46-87-78(105)69(48-56(3)4)95(8)76(103)49-59-37-39-61(40-38-59)90-83(112)93-65-32-24-23-27-57(65)5/h11-12,15-18,23-24,27-32,37-40,55-56,62-63,66-71H,9-10,13-14,19-22,25-26,33-36,41-54H2,1-8H3,(H,84,99)(H,85,100)(H,86,104)(H,87,105)(H,88,101)(H,89,102)(H,91,106)(H,92,107)(H,108,109)(H,110,111)(H2,90,93,112)/t62-,63-,66+,67+,68+,69+,70+,71+/m1/s1. The Bertz CT molecular complexity index is 4000. The van der Waals surface area contributed by atoms with Crippen LogP contribution in [0.5, 0.6) is 0 Å². The van der Waals surface area contributed by atoms with Crippen molar-refractivity contribution >= 4 is 98.4 Å². The predicted molar refractivity (Wildman–Crippen MR) is 435 cm³/mol. The van der Waals surface area contributed by atoms with Gasteiger partial charge in [0.05, 0.1) is 17.4 Å². The molecule has 2 heterocycles. The minimum atomic E-state index is -4.30. The van der Waals surface area contributed by atoms with E-state index in [2.05, 4.69) is 53.2 Å². The van der Waals surface area contributed by atoms with Gasteiger partial charge in [0.2, 0.25) is 69.1 Å². The smallest absolute Gasteiger partial charge is 0.326 e. The molecule has 32 heteroatoms. The third kappa shape index (κ3) is 32.5. The number of amides is 12. The fourth-order valence-corrected chi connectivity index (χ4v) is 15.5. The van der Waals surface area contributed by atoms with E-state index in [1.165, 1.54) is 48.0 Å². The van der Waals surface area contributed by atoms with Gasteiger partial charge in [0.15, 0.2) is 0 Å². The van der Waals surface area contributed by atoms with Crippen molar-refractivity contribution in [2.75, 3.05) is 64.0 Å². The summed E-state index contributed by atoms with van der Waals surface area (Å²) in [5, 5.41) is 48.3. The van der Waals surface area contributed by atoms with Gasteiger partial charge in [-0.2, -0.15) is 4.31 Å². The molecule has 31 nitrogen and oxygen atoms in total. The topological polar surface area (TPSA) is 430 Å². The average Bonchev–Trinajstić information content (AvgIpc) is 1.66. The summed E-state index contributed by atoms with van der Waals surface area (Å²) in [5.41, 5.74) is 3.68. The minimum Gasteiger partial charge on any atom is -0.480 e. The second-order valence-electron chi connectivity index (χ2n) is 30.7. The number of carbonyl (C=O) groups is 13. The highest BCUT2D eigenvalue weighted by molar-refractivity contribution is 7.89. The zero-order valence-corrected chi connectivity index (χ0v) is 68.5. The Labute approximate surface area is 675 Å². The molecule has 115 heavy (non-hydrogen) atoms. The van der Waals surface area contributed by atoms with E-state index in [1.54, 1.807) is 43.4 Å². The summed E-state index contributed by atoms with van der Waals surface area (Å²) in [7, 11) is -1.25. The molecule has 0 aromatic heterocycles. The summed E-state index contributed by atoms with van der Waals surface area (Å²) >= 11 is 0. The van der Waals surface area contributed by atoms with Crippen molar-refractivity contribution in [3.63, 3.8) is 0 Å². The lowest BCUT2D eigenvalue weighted by atomic mass is 10.0. The molecule has 0 bridgehead atoms. The van der Waals surface area contributed by atoms with Crippen molar-refractivity contribution in [3.05, 3.63) is 126 Å². The molecule has 2 aliphatic heterocycles. The van der Waals surface area contributed by atoms with E-state index < -0.39 is 100.0 Å². The number of para-hydroxylation sites is 1. The maximum atomic E-state index is 14.1. The first-order chi connectivity index (χ1) is 54.8. The first kappa shape index (κ1) is 93.5. The first-order valence-electron chi connectivity index (χ1n) is 40.1. The summed E-state index contributed by atoms with van der Waals surface area (Å²) in [6, 6.07) is 22.8. The van der Waals surface area contributed by atoms with Gasteiger partial charge in [-0.05, 0) is 143 Å². The number of urea groups is 1. The Kier molecular flexibility index (Phi) is 39.1.